The van der Waals surface area contributed by atoms with Crippen LogP contribution in [0.2, 0.25) is 0 Å². The van der Waals surface area contributed by atoms with E-state index >= 15 is 0 Å². The minimum Gasteiger partial charge on any atom is -0.307 e. The maximum atomic E-state index is 3.82. The zero-order valence-corrected chi connectivity index (χ0v) is 13.2. The molecular formula is C16H24BrN. The van der Waals surface area contributed by atoms with E-state index in [1.165, 1.54) is 29.3 Å². The van der Waals surface area contributed by atoms with Gasteiger partial charge in [-0.1, -0.05) is 54.8 Å². The summed E-state index contributed by atoms with van der Waals surface area (Å²) in [5.74, 6) is 1.64. The lowest BCUT2D eigenvalue weighted by Crippen LogP contribution is -2.41. The molecule has 1 saturated carbocycles. The van der Waals surface area contributed by atoms with Crippen molar-refractivity contribution in [1.82, 2.24) is 5.32 Å². The van der Waals surface area contributed by atoms with Gasteiger partial charge in [0.2, 0.25) is 0 Å². The first-order valence-electron chi connectivity index (χ1n) is 7.09. The molecule has 18 heavy (non-hydrogen) atoms. The smallest absolute Gasteiger partial charge is 0.0294 e. The molecule has 2 heteroatoms. The fourth-order valence-electron chi connectivity index (χ4n) is 3.01. The minimum absolute atomic E-state index is 0.431. The van der Waals surface area contributed by atoms with E-state index in [2.05, 4.69) is 66.3 Å². The van der Waals surface area contributed by atoms with Crippen LogP contribution in [-0.2, 0) is 0 Å². The SMILES string of the molecule is CC1CCCC(N[C@@H](C)c2cccc(Br)c2)C1C. The molecule has 0 heterocycles. The third-order valence-electron chi connectivity index (χ3n) is 4.52. The Morgan fingerprint density at radius 3 is 2.78 bits per heavy atom. The van der Waals surface area contributed by atoms with Crippen LogP contribution >= 0.6 is 15.9 Å². The fourth-order valence-corrected chi connectivity index (χ4v) is 3.43. The van der Waals surface area contributed by atoms with Crippen LogP contribution in [0.1, 0.15) is 51.6 Å². The Morgan fingerprint density at radius 2 is 2.06 bits per heavy atom. The van der Waals surface area contributed by atoms with Gasteiger partial charge >= 0.3 is 0 Å². The summed E-state index contributed by atoms with van der Waals surface area (Å²) in [6.45, 7) is 7.06. The van der Waals surface area contributed by atoms with Gasteiger partial charge in [-0.25, -0.2) is 0 Å². The predicted octanol–water partition coefficient (Wildman–Crippen LogP) is 4.92. The van der Waals surface area contributed by atoms with E-state index in [-0.39, 0.29) is 0 Å². The highest BCUT2D eigenvalue weighted by atomic mass is 79.9. The van der Waals surface area contributed by atoms with Crippen molar-refractivity contribution >= 4 is 15.9 Å². The zero-order valence-electron chi connectivity index (χ0n) is 11.6. The second-order valence-corrected chi connectivity index (χ2v) is 6.73. The van der Waals surface area contributed by atoms with Gasteiger partial charge in [0.1, 0.15) is 0 Å². The molecule has 1 aromatic rings. The molecule has 0 aliphatic heterocycles. The highest BCUT2D eigenvalue weighted by Crippen LogP contribution is 2.31. The normalized spacial score (nSPS) is 30.1. The number of rotatable bonds is 3. The van der Waals surface area contributed by atoms with E-state index in [0.29, 0.717) is 12.1 Å². The predicted molar refractivity (Wildman–Crippen MR) is 81.7 cm³/mol. The molecule has 1 fully saturated rings. The van der Waals surface area contributed by atoms with E-state index in [0.717, 1.165) is 11.8 Å². The maximum absolute atomic E-state index is 3.82. The molecule has 1 aliphatic rings. The number of hydrogen-bond acceptors (Lipinski definition) is 1. The van der Waals surface area contributed by atoms with Crippen molar-refractivity contribution in [3.05, 3.63) is 34.3 Å². The van der Waals surface area contributed by atoms with E-state index in [1.54, 1.807) is 0 Å². The molecule has 1 N–H and O–H groups in total. The van der Waals surface area contributed by atoms with Crippen LogP contribution in [0.4, 0.5) is 0 Å². The number of hydrogen-bond donors (Lipinski definition) is 1. The van der Waals surface area contributed by atoms with Crippen molar-refractivity contribution in [3.8, 4) is 0 Å². The van der Waals surface area contributed by atoms with Crippen LogP contribution in [0.5, 0.6) is 0 Å². The van der Waals surface area contributed by atoms with Crippen molar-refractivity contribution in [2.75, 3.05) is 0 Å². The average Bonchev–Trinajstić information content (AvgIpc) is 2.35. The summed E-state index contributed by atoms with van der Waals surface area (Å²) >= 11 is 3.55. The Hall–Kier alpha value is -0.340. The number of benzene rings is 1. The van der Waals surface area contributed by atoms with Gasteiger partial charge in [-0.3, -0.25) is 0 Å². The van der Waals surface area contributed by atoms with E-state index in [9.17, 15) is 0 Å². The molecule has 0 bridgehead atoms. The Kier molecular flexibility index (Phi) is 4.85. The molecule has 2 rings (SSSR count). The summed E-state index contributed by atoms with van der Waals surface area (Å²) < 4.78 is 1.17. The molecule has 4 atom stereocenters. The zero-order chi connectivity index (χ0) is 13.1. The Labute approximate surface area is 119 Å². The highest BCUT2D eigenvalue weighted by molar-refractivity contribution is 9.10. The van der Waals surface area contributed by atoms with Gasteiger partial charge in [0.25, 0.3) is 0 Å². The lowest BCUT2D eigenvalue weighted by Gasteiger charge is -2.36. The van der Waals surface area contributed by atoms with Crippen LogP contribution < -0.4 is 5.32 Å². The summed E-state index contributed by atoms with van der Waals surface area (Å²) in [6, 6.07) is 9.72. The Morgan fingerprint density at radius 1 is 1.28 bits per heavy atom. The average molecular weight is 310 g/mol. The topological polar surface area (TPSA) is 12.0 Å². The molecule has 0 amide bonds. The van der Waals surface area contributed by atoms with Crippen molar-refractivity contribution in [2.45, 2.75) is 52.1 Å². The maximum Gasteiger partial charge on any atom is 0.0294 e. The minimum atomic E-state index is 0.431. The molecule has 1 aromatic carbocycles. The van der Waals surface area contributed by atoms with Crippen molar-refractivity contribution in [1.29, 1.82) is 0 Å². The van der Waals surface area contributed by atoms with E-state index < -0.39 is 0 Å². The van der Waals surface area contributed by atoms with Gasteiger partial charge in [0.05, 0.1) is 0 Å². The van der Waals surface area contributed by atoms with E-state index in [4.69, 9.17) is 0 Å². The fraction of sp³-hybridized carbons (Fsp3) is 0.625. The summed E-state index contributed by atoms with van der Waals surface area (Å²) in [4.78, 5) is 0. The summed E-state index contributed by atoms with van der Waals surface area (Å²) in [6.07, 6.45) is 4.09. The standard InChI is InChI=1S/C16H24BrN/c1-11-6-4-9-16(12(11)2)18-13(3)14-7-5-8-15(17)10-14/h5,7-8,10-13,16,18H,4,6,9H2,1-3H3/t11?,12?,13-,16?/m0/s1. The lowest BCUT2D eigenvalue weighted by molar-refractivity contribution is 0.196. The van der Waals surface area contributed by atoms with Crippen LogP contribution in [0.15, 0.2) is 28.7 Å². The molecule has 0 aromatic heterocycles. The van der Waals surface area contributed by atoms with Crippen LogP contribution in [0, 0.1) is 11.8 Å². The van der Waals surface area contributed by atoms with Gasteiger partial charge in [-0.05, 0) is 42.9 Å². The number of halogens is 1. The Bertz CT molecular complexity index is 390. The summed E-state index contributed by atoms with van der Waals surface area (Å²) in [5.41, 5.74) is 1.37. The first kappa shape index (κ1) is 14.1. The molecule has 3 unspecified atom stereocenters. The van der Waals surface area contributed by atoms with Gasteiger partial charge in [0.15, 0.2) is 0 Å². The lowest BCUT2D eigenvalue weighted by atomic mass is 9.77. The molecule has 1 aliphatic carbocycles. The Balaban J connectivity index is 2.00. The largest absolute Gasteiger partial charge is 0.307 e. The first-order valence-corrected chi connectivity index (χ1v) is 7.88. The number of nitrogens with one attached hydrogen (secondary N) is 1. The molecule has 0 radical (unpaired) electrons. The second-order valence-electron chi connectivity index (χ2n) is 5.82. The summed E-state index contributed by atoms with van der Waals surface area (Å²) in [5, 5.41) is 3.82. The molecular weight excluding hydrogens is 286 g/mol. The van der Waals surface area contributed by atoms with Gasteiger partial charge < -0.3 is 5.32 Å². The van der Waals surface area contributed by atoms with Gasteiger partial charge in [-0.2, -0.15) is 0 Å². The quantitative estimate of drug-likeness (QED) is 0.835. The second kappa shape index (κ2) is 6.21. The third-order valence-corrected chi connectivity index (χ3v) is 5.01. The van der Waals surface area contributed by atoms with Crippen LogP contribution in [0.3, 0.4) is 0 Å². The molecule has 100 valence electrons. The van der Waals surface area contributed by atoms with E-state index in [1.807, 2.05) is 0 Å². The molecule has 1 nitrogen and oxygen atoms in total. The van der Waals surface area contributed by atoms with Gasteiger partial charge in [0, 0.05) is 16.6 Å². The molecule has 0 spiro atoms. The van der Waals surface area contributed by atoms with Crippen LogP contribution in [-0.4, -0.2) is 6.04 Å². The van der Waals surface area contributed by atoms with Crippen LogP contribution in [0.25, 0.3) is 0 Å². The first-order chi connectivity index (χ1) is 8.58. The third kappa shape index (κ3) is 3.36. The monoisotopic (exact) mass is 309 g/mol. The molecule has 0 saturated heterocycles. The van der Waals surface area contributed by atoms with Gasteiger partial charge in [-0.15, -0.1) is 0 Å². The van der Waals surface area contributed by atoms with Crippen molar-refractivity contribution in [2.24, 2.45) is 11.8 Å². The summed E-state index contributed by atoms with van der Waals surface area (Å²) in [7, 11) is 0. The highest BCUT2D eigenvalue weighted by Gasteiger charge is 2.27. The van der Waals surface area contributed by atoms with Crippen molar-refractivity contribution in [3.63, 3.8) is 0 Å². The van der Waals surface area contributed by atoms with Crippen molar-refractivity contribution < 1.29 is 0 Å².